The van der Waals surface area contributed by atoms with Crippen LogP contribution in [0.5, 0.6) is 0 Å². The number of fused-ring (bicyclic) bond motifs is 1. The van der Waals surface area contributed by atoms with E-state index >= 15 is 0 Å². The van der Waals surface area contributed by atoms with Crippen molar-refractivity contribution in [3.63, 3.8) is 0 Å². The number of aliphatic hydroxyl groups is 1. The molecule has 3 N–H and O–H groups in total. The molecule has 2 amide bonds. The van der Waals surface area contributed by atoms with E-state index in [0.717, 1.165) is 36.3 Å². The molecule has 2 heterocycles. The van der Waals surface area contributed by atoms with Gasteiger partial charge in [-0.25, -0.2) is 4.79 Å². The number of furan rings is 1. The molecule has 24 heavy (non-hydrogen) atoms. The lowest BCUT2D eigenvalue weighted by atomic mass is 9.93. The Balaban J connectivity index is 1.57. The van der Waals surface area contributed by atoms with Crippen molar-refractivity contribution in [1.82, 2.24) is 20.4 Å². The van der Waals surface area contributed by atoms with Gasteiger partial charge in [-0.3, -0.25) is 4.68 Å². The van der Waals surface area contributed by atoms with Gasteiger partial charge >= 0.3 is 6.03 Å². The van der Waals surface area contributed by atoms with E-state index in [2.05, 4.69) is 15.7 Å². The Morgan fingerprint density at radius 1 is 1.58 bits per heavy atom. The smallest absolute Gasteiger partial charge is 0.315 e. The summed E-state index contributed by atoms with van der Waals surface area (Å²) in [7, 11) is 0. The summed E-state index contributed by atoms with van der Waals surface area (Å²) in [6.07, 6.45) is 6.93. The van der Waals surface area contributed by atoms with Crippen LogP contribution in [0.15, 0.2) is 29.0 Å². The number of carbonyl (C=O) groups is 1. The molecule has 0 aromatic carbocycles. The van der Waals surface area contributed by atoms with Gasteiger partial charge in [-0.1, -0.05) is 0 Å². The number of rotatable bonds is 6. The SMILES string of the molecule is CC(Cc1ccco1)NC(=O)NC1CCCc2c1cnn2CCO. The van der Waals surface area contributed by atoms with E-state index < -0.39 is 0 Å². The third-order valence-corrected chi connectivity index (χ3v) is 4.34. The minimum absolute atomic E-state index is 0.0173. The predicted molar refractivity (Wildman–Crippen MR) is 88.5 cm³/mol. The summed E-state index contributed by atoms with van der Waals surface area (Å²) >= 11 is 0. The number of hydrogen-bond donors (Lipinski definition) is 3. The first-order valence-electron chi connectivity index (χ1n) is 8.42. The Bertz CT molecular complexity index is 665. The third kappa shape index (κ3) is 3.79. The van der Waals surface area contributed by atoms with Gasteiger partial charge in [0.1, 0.15) is 5.76 Å². The highest BCUT2D eigenvalue weighted by atomic mass is 16.3. The molecule has 130 valence electrons. The first-order valence-corrected chi connectivity index (χ1v) is 8.42. The summed E-state index contributed by atoms with van der Waals surface area (Å²) in [6.45, 7) is 2.51. The van der Waals surface area contributed by atoms with Gasteiger partial charge in [-0.15, -0.1) is 0 Å². The number of nitrogens with one attached hydrogen (secondary N) is 2. The summed E-state index contributed by atoms with van der Waals surface area (Å²) in [5.41, 5.74) is 2.17. The molecule has 1 aliphatic carbocycles. The zero-order valence-corrected chi connectivity index (χ0v) is 13.9. The van der Waals surface area contributed by atoms with Gasteiger partial charge in [-0.2, -0.15) is 5.10 Å². The molecule has 7 heteroatoms. The van der Waals surface area contributed by atoms with Crippen molar-refractivity contribution in [1.29, 1.82) is 0 Å². The highest BCUT2D eigenvalue weighted by Gasteiger charge is 2.25. The van der Waals surface area contributed by atoms with Crippen LogP contribution in [-0.4, -0.2) is 33.6 Å². The topological polar surface area (TPSA) is 92.3 Å². The fraction of sp³-hybridized carbons (Fsp3) is 0.529. The first kappa shape index (κ1) is 16.6. The van der Waals surface area contributed by atoms with Gasteiger partial charge in [0.25, 0.3) is 0 Å². The van der Waals surface area contributed by atoms with Crippen molar-refractivity contribution in [3.8, 4) is 0 Å². The molecule has 2 aromatic heterocycles. The highest BCUT2D eigenvalue weighted by Crippen LogP contribution is 2.29. The number of urea groups is 1. The van der Waals surface area contributed by atoms with Crippen molar-refractivity contribution in [3.05, 3.63) is 41.6 Å². The molecule has 2 atom stereocenters. The first-order chi connectivity index (χ1) is 11.7. The minimum Gasteiger partial charge on any atom is -0.469 e. The summed E-state index contributed by atoms with van der Waals surface area (Å²) in [5, 5.41) is 19.4. The number of nitrogens with zero attached hydrogens (tertiary/aromatic N) is 2. The summed E-state index contributed by atoms with van der Waals surface area (Å²) in [6, 6.07) is 3.52. The highest BCUT2D eigenvalue weighted by molar-refractivity contribution is 5.74. The molecule has 2 aromatic rings. The molecule has 0 radical (unpaired) electrons. The van der Waals surface area contributed by atoms with Crippen LogP contribution in [-0.2, 0) is 19.4 Å². The quantitative estimate of drug-likeness (QED) is 0.752. The van der Waals surface area contributed by atoms with Gasteiger partial charge in [0.05, 0.1) is 31.7 Å². The van der Waals surface area contributed by atoms with Crippen LogP contribution in [0.3, 0.4) is 0 Å². The zero-order chi connectivity index (χ0) is 16.9. The lowest BCUT2D eigenvalue weighted by molar-refractivity contribution is 0.231. The monoisotopic (exact) mass is 332 g/mol. The molecule has 0 bridgehead atoms. The van der Waals surface area contributed by atoms with Crippen molar-refractivity contribution in [2.45, 2.75) is 51.2 Å². The Morgan fingerprint density at radius 3 is 3.21 bits per heavy atom. The van der Waals surface area contributed by atoms with E-state index in [1.165, 1.54) is 0 Å². The average Bonchev–Trinajstić information content (AvgIpc) is 3.18. The molecule has 0 spiro atoms. The number of hydrogen-bond acceptors (Lipinski definition) is 4. The van der Waals surface area contributed by atoms with Crippen LogP contribution in [0.1, 0.15) is 42.8 Å². The van der Waals surface area contributed by atoms with Gasteiger partial charge < -0.3 is 20.2 Å². The van der Waals surface area contributed by atoms with Crippen molar-refractivity contribution in [2.75, 3.05) is 6.61 Å². The van der Waals surface area contributed by atoms with Gasteiger partial charge in [0, 0.05) is 23.7 Å². The minimum atomic E-state index is -0.179. The second-order valence-electron chi connectivity index (χ2n) is 6.24. The van der Waals surface area contributed by atoms with E-state index in [1.54, 1.807) is 12.5 Å². The molecule has 1 aliphatic rings. The maximum absolute atomic E-state index is 12.3. The predicted octanol–water partition coefficient (Wildman–Crippen LogP) is 1.78. The largest absolute Gasteiger partial charge is 0.469 e. The van der Waals surface area contributed by atoms with Crippen molar-refractivity contribution < 1.29 is 14.3 Å². The molecule has 0 saturated carbocycles. The Morgan fingerprint density at radius 2 is 2.46 bits per heavy atom. The summed E-state index contributed by atoms with van der Waals surface area (Å²) in [5.74, 6) is 0.855. The molecular weight excluding hydrogens is 308 g/mol. The lowest BCUT2D eigenvalue weighted by Crippen LogP contribution is -2.43. The molecule has 0 saturated heterocycles. The van der Waals surface area contributed by atoms with Gasteiger partial charge in [-0.05, 0) is 38.3 Å². The molecule has 0 fully saturated rings. The Labute approximate surface area is 141 Å². The second kappa shape index (κ2) is 7.53. The van der Waals surface area contributed by atoms with Gasteiger partial charge in [0.15, 0.2) is 0 Å². The zero-order valence-electron chi connectivity index (χ0n) is 13.9. The molecule has 0 aliphatic heterocycles. The number of amides is 2. The maximum Gasteiger partial charge on any atom is 0.315 e. The fourth-order valence-electron chi connectivity index (χ4n) is 3.26. The van der Waals surface area contributed by atoms with Crippen LogP contribution < -0.4 is 10.6 Å². The fourth-order valence-corrected chi connectivity index (χ4v) is 3.26. The number of carbonyl (C=O) groups excluding carboxylic acids is 1. The van der Waals surface area contributed by atoms with E-state index in [0.29, 0.717) is 13.0 Å². The van der Waals surface area contributed by atoms with Crippen molar-refractivity contribution in [2.24, 2.45) is 0 Å². The Hall–Kier alpha value is -2.28. The van der Waals surface area contributed by atoms with Gasteiger partial charge in [0.2, 0.25) is 0 Å². The number of aliphatic hydroxyl groups excluding tert-OH is 1. The van der Waals surface area contributed by atoms with Crippen LogP contribution >= 0.6 is 0 Å². The molecule has 7 nitrogen and oxygen atoms in total. The van der Waals surface area contributed by atoms with E-state index in [9.17, 15) is 4.79 Å². The third-order valence-electron chi connectivity index (χ3n) is 4.34. The van der Waals surface area contributed by atoms with Crippen LogP contribution in [0, 0.1) is 0 Å². The van der Waals surface area contributed by atoms with Crippen LogP contribution in [0.25, 0.3) is 0 Å². The normalized spacial score (nSPS) is 18.0. The van der Waals surface area contributed by atoms with Crippen LogP contribution in [0.4, 0.5) is 4.79 Å². The standard InChI is InChI=1S/C17H24N4O3/c1-12(10-13-4-3-9-24-13)19-17(23)20-15-5-2-6-16-14(15)11-18-21(16)7-8-22/h3-4,9,11-12,15,22H,2,5-8,10H2,1H3,(H2,19,20,23). The van der Waals surface area contributed by atoms with E-state index in [4.69, 9.17) is 9.52 Å². The maximum atomic E-state index is 12.3. The molecule has 3 rings (SSSR count). The van der Waals surface area contributed by atoms with E-state index in [-0.39, 0.29) is 24.7 Å². The Kier molecular flexibility index (Phi) is 5.20. The average molecular weight is 332 g/mol. The number of aromatic nitrogens is 2. The van der Waals surface area contributed by atoms with Crippen LogP contribution in [0.2, 0.25) is 0 Å². The van der Waals surface area contributed by atoms with Crippen molar-refractivity contribution >= 4 is 6.03 Å². The molecule has 2 unspecified atom stereocenters. The molecular formula is C17H24N4O3. The summed E-state index contributed by atoms with van der Waals surface area (Å²) < 4.78 is 7.14. The van der Waals surface area contributed by atoms with E-state index in [1.807, 2.05) is 23.7 Å². The summed E-state index contributed by atoms with van der Waals surface area (Å²) in [4.78, 5) is 12.3. The second-order valence-corrected chi connectivity index (χ2v) is 6.24. The lowest BCUT2D eigenvalue weighted by Gasteiger charge is -2.25.